The van der Waals surface area contributed by atoms with Crippen molar-refractivity contribution < 1.29 is 21.6 Å². The number of nitrogens with one attached hydrogen (secondary N) is 2. The first-order valence-corrected chi connectivity index (χ1v) is 7.47. The lowest BCUT2D eigenvalue weighted by Crippen LogP contribution is -2.37. The zero-order valence-corrected chi connectivity index (χ0v) is 13.6. The third-order valence-corrected chi connectivity index (χ3v) is 4.38. The SMILES string of the molecule is CNC(C)CNS(=O)(=O)c1ccc(Cl)c(C(F)(F)F)c1.Cl. The Bertz CT molecular complexity index is 579. The van der Waals surface area contributed by atoms with E-state index in [0.29, 0.717) is 6.07 Å². The summed E-state index contributed by atoms with van der Waals surface area (Å²) in [7, 11) is -2.37. The summed E-state index contributed by atoms with van der Waals surface area (Å²) >= 11 is 5.44. The highest BCUT2D eigenvalue weighted by Gasteiger charge is 2.34. The maximum absolute atomic E-state index is 12.7. The lowest BCUT2D eigenvalue weighted by atomic mass is 10.2. The second-order valence-corrected chi connectivity index (χ2v) is 6.36. The van der Waals surface area contributed by atoms with Crippen molar-refractivity contribution in [3.05, 3.63) is 28.8 Å². The van der Waals surface area contributed by atoms with Crippen LogP contribution in [0.2, 0.25) is 5.02 Å². The molecule has 0 bridgehead atoms. The Morgan fingerprint density at radius 2 is 1.90 bits per heavy atom. The Hall–Kier alpha value is -0.540. The van der Waals surface area contributed by atoms with Crippen LogP contribution in [0, 0.1) is 0 Å². The van der Waals surface area contributed by atoms with Crippen molar-refractivity contribution in [1.29, 1.82) is 0 Å². The van der Waals surface area contributed by atoms with Gasteiger partial charge in [0.05, 0.1) is 15.5 Å². The molecule has 0 radical (unpaired) electrons. The van der Waals surface area contributed by atoms with Gasteiger partial charge in [-0.05, 0) is 32.2 Å². The molecule has 1 aromatic rings. The number of hydrogen-bond donors (Lipinski definition) is 2. The Kier molecular flexibility index (Phi) is 7.44. The predicted octanol–water partition coefficient (Wildman–Crippen LogP) is 2.67. The van der Waals surface area contributed by atoms with Crippen molar-refractivity contribution in [3.63, 3.8) is 0 Å². The van der Waals surface area contributed by atoms with E-state index in [4.69, 9.17) is 11.6 Å². The minimum Gasteiger partial charge on any atom is -0.316 e. The van der Waals surface area contributed by atoms with Crippen LogP contribution in [0.15, 0.2) is 23.1 Å². The van der Waals surface area contributed by atoms with Crippen LogP contribution >= 0.6 is 24.0 Å². The Balaban J connectivity index is 0.00000400. The highest BCUT2D eigenvalue weighted by atomic mass is 35.5. The number of halogens is 5. The van der Waals surface area contributed by atoms with E-state index in [9.17, 15) is 21.6 Å². The smallest absolute Gasteiger partial charge is 0.316 e. The summed E-state index contributed by atoms with van der Waals surface area (Å²) in [5.74, 6) is 0. The molecule has 1 aromatic carbocycles. The topological polar surface area (TPSA) is 58.2 Å². The molecule has 0 heterocycles. The largest absolute Gasteiger partial charge is 0.417 e. The molecule has 1 unspecified atom stereocenters. The van der Waals surface area contributed by atoms with Gasteiger partial charge in [0.15, 0.2) is 0 Å². The van der Waals surface area contributed by atoms with Gasteiger partial charge in [0, 0.05) is 12.6 Å². The van der Waals surface area contributed by atoms with E-state index in [-0.39, 0.29) is 25.0 Å². The molecule has 122 valence electrons. The molecule has 0 aliphatic heterocycles. The average molecular weight is 367 g/mol. The van der Waals surface area contributed by atoms with Crippen molar-refractivity contribution >= 4 is 34.0 Å². The van der Waals surface area contributed by atoms with Crippen LogP contribution in [-0.2, 0) is 16.2 Å². The van der Waals surface area contributed by atoms with Crippen LogP contribution in [0.25, 0.3) is 0 Å². The Morgan fingerprint density at radius 3 is 2.38 bits per heavy atom. The molecule has 0 saturated carbocycles. The molecule has 0 aliphatic carbocycles. The fourth-order valence-electron chi connectivity index (χ4n) is 1.31. The van der Waals surface area contributed by atoms with Gasteiger partial charge in [-0.25, -0.2) is 13.1 Å². The van der Waals surface area contributed by atoms with Gasteiger partial charge in [-0.1, -0.05) is 11.6 Å². The fourth-order valence-corrected chi connectivity index (χ4v) is 2.69. The summed E-state index contributed by atoms with van der Waals surface area (Å²) in [6.45, 7) is 1.79. The van der Waals surface area contributed by atoms with E-state index >= 15 is 0 Å². The molecule has 1 atom stereocenters. The zero-order chi connectivity index (χ0) is 15.6. The van der Waals surface area contributed by atoms with Gasteiger partial charge >= 0.3 is 6.18 Å². The summed E-state index contributed by atoms with van der Waals surface area (Å²) in [5.41, 5.74) is -1.18. The standard InChI is InChI=1S/C11H14ClF3N2O2S.ClH/c1-7(16-2)6-17-20(18,19)8-3-4-10(12)9(5-8)11(13,14)15;/h3-5,7,16-17H,6H2,1-2H3;1H. The molecule has 0 aromatic heterocycles. The fraction of sp³-hybridized carbons (Fsp3) is 0.455. The number of hydrogen-bond acceptors (Lipinski definition) is 3. The van der Waals surface area contributed by atoms with E-state index < -0.39 is 31.7 Å². The van der Waals surface area contributed by atoms with E-state index in [2.05, 4.69) is 10.0 Å². The predicted molar refractivity (Wildman–Crippen MR) is 77.4 cm³/mol. The van der Waals surface area contributed by atoms with Gasteiger partial charge in [0.2, 0.25) is 10.0 Å². The molecule has 21 heavy (non-hydrogen) atoms. The third-order valence-electron chi connectivity index (χ3n) is 2.63. The normalized spacial score (nSPS) is 13.6. The molecule has 1 rings (SSSR count). The van der Waals surface area contributed by atoms with Gasteiger partial charge in [-0.2, -0.15) is 13.2 Å². The highest BCUT2D eigenvalue weighted by Crippen LogP contribution is 2.35. The quantitative estimate of drug-likeness (QED) is 0.842. The average Bonchev–Trinajstić information content (AvgIpc) is 2.34. The van der Waals surface area contributed by atoms with Crippen LogP contribution in [0.1, 0.15) is 12.5 Å². The first kappa shape index (κ1) is 20.5. The van der Waals surface area contributed by atoms with Crippen LogP contribution in [0.4, 0.5) is 13.2 Å². The van der Waals surface area contributed by atoms with Crippen LogP contribution < -0.4 is 10.0 Å². The summed E-state index contributed by atoms with van der Waals surface area (Å²) in [5, 5.41) is 2.26. The van der Waals surface area contributed by atoms with Crippen molar-refractivity contribution in [2.75, 3.05) is 13.6 Å². The van der Waals surface area contributed by atoms with E-state index in [1.165, 1.54) is 0 Å². The second-order valence-electron chi connectivity index (χ2n) is 4.18. The molecule has 0 saturated heterocycles. The minimum absolute atomic E-state index is 0. The Labute approximate surface area is 132 Å². The van der Waals surface area contributed by atoms with E-state index in [1.54, 1.807) is 14.0 Å². The lowest BCUT2D eigenvalue weighted by molar-refractivity contribution is -0.137. The molecular weight excluding hydrogens is 352 g/mol. The number of benzene rings is 1. The van der Waals surface area contributed by atoms with Gasteiger partial charge < -0.3 is 5.32 Å². The number of sulfonamides is 1. The number of alkyl halides is 3. The lowest BCUT2D eigenvalue weighted by Gasteiger charge is -2.14. The van der Waals surface area contributed by atoms with Crippen LogP contribution in [0.5, 0.6) is 0 Å². The van der Waals surface area contributed by atoms with Gasteiger partial charge in [-0.15, -0.1) is 12.4 Å². The molecule has 2 N–H and O–H groups in total. The second kappa shape index (κ2) is 7.64. The monoisotopic (exact) mass is 366 g/mol. The third kappa shape index (κ3) is 5.63. The summed E-state index contributed by atoms with van der Waals surface area (Å²) < 4.78 is 64.0. The Morgan fingerprint density at radius 1 is 1.33 bits per heavy atom. The molecule has 0 aliphatic rings. The van der Waals surface area contributed by atoms with Crippen molar-refractivity contribution in [3.8, 4) is 0 Å². The van der Waals surface area contributed by atoms with Crippen molar-refractivity contribution in [2.24, 2.45) is 0 Å². The summed E-state index contributed by atoms with van der Waals surface area (Å²) in [6, 6.07) is 2.32. The molecule has 4 nitrogen and oxygen atoms in total. The van der Waals surface area contributed by atoms with Crippen LogP contribution in [-0.4, -0.2) is 28.1 Å². The van der Waals surface area contributed by atoms with Crippen molar-refractivity contribution in [1.82, 2.24) is 10.0 Å². The summed E-state index contributed by atoms with van der Waals surface area (Å²) in [6.07, 6.45) is -4.71. The van der Waals surface area contributed by atoms with E-state index in [0.717, 1.165) is 12.1 Å². The van der Waals surface area contributed by atoms with Gasteiger partial charge in [0.1, 0.15) is 0 Å². The van der Waals surface area contributed by atoms with E-state index in [1.807, 2.05) is 0 Å². The minimum atomic E-state index is -4.71. The molecule has 10 heteroatoms. The molecular formula is C11H15Cl2F3N2O2S. The van der Waals surface area contributed by atoms with Gasteiger partial charge in [0.25, 0.3) is 0 Å². The maximum atomic E-state index is 12.7. The summed E-state index contributed by atoms with van der Waals surface area (Å²) in [4.78, 5) is -0.475. The molecule has 0 fully saturated rings. The van der Waals surface area contributed by atoms with Crippen molar-refractivity contribution in [2.45, 2.75) is 24.0 Å². The number of likely N-dealkylation sites (N-methyl/N-ethyl adjacent to an activating group) is 1. The molecule has 0 amide bonds. The number of rotatable bonds is 5. The maximum Gasteiger partial charge on any atom is 0.417 e. The molecule has 0 spiro atoms. The van der Waals surface area contributed by atoms with Gasteiger partial charge in [-0.3, -0.25) is 0 Å². The first-order valence-electron chi connectivity index (χ1n) is 5.61. The highest BCUT2D eigenvalue weighted by molar-refractivity contribution is 7.89. The zero-order valence-electron chi connectivity index (χ0n) is 11.2. The first-order chi connectivity index (χ1) is 9.08. The van der Waals surface area contributed by atoms with Crippen LogP contribution in [0.3, 0.4) is 0 Å².